The molecule has 1 aromatic heterocycles. The van der Waals surface area contributed by atoms with Crippen molar-refractivity contribution in [3.05, 3.63) is 66.0 Å². The van der Waals surface area contributed by atoms with Crippen molar-refractivity contribution in [3.63, 3.8) is 0 Å². The molecular weight excluding hydrogens is 446 g/mol. The van der Waals surface area contributed by atoms with Crippen LogP contribution in [0.3, 0.4) is 0 Å². The SMILES string of the molecule is Cc1nn(-c2ccccc2)c(C)c1NC(=O)CN1CC(C(=O)N2CCOCC2)Oc2ccccc21. The Morgan fingerprint density at radius 2 is 1.74 bits per heavy atom. The third-order valence-corrected chi connectivity index (χ3v) is 6.35. The van der Waals surface area contributed by atoms with Gasteiger partial charge in [-0.2, -0.15) is 5.10 Å². The molecule has 0 radical (unpaired) electrons. The number of amides is 2. The first-order valence-corrected chi connectivity index (χ1v) is 11.8. The number of hydrogen-bond acceptors (Lipinski definition) is 6. The van der Waals surface area contributed by atoms with Crippen molar-refractivity contribution in [1.29, 1.82) is 0 Å². The molecule has 1 N–H and O–H groups in total. The van der Waals surface area contributed by atoms with Gasteiger partial charge in [-0.25, -0.2) is 4.68 Å². The highest BCUT2D eigenvalue weighted by atomic mass is 16.5. The molecule has 0 spiro atoms. The average molecular weight is 476 g/mol. The smallest absolute Gasteiger partial charge is 0.265 e. The van der Waals surface area contributed by atoms with E-state index in [1.165, 1.54) is 0 Å². The third kappa shape index (κ3) is 4.72. The summed E-state index contributed by atoms with van der Waals surface area (Å²) >= 11 is 0. The Bertz CT molecular complexity index is 1220. The lowest BCUT2D eigenvalue weighted by Gasteiger charge is -2.38. The summed E-state index contributed by atoms with van der Waals surface area (Å²) in [5.74, 6) is 0.338. The number of fused-ring (bicyclic) bond motifs is 1. The Morgan fingerprint density at radius 3 is 2.51 bits per heavy atom. The van der Waals surface area contributed by atoms with Gasteiger partial charge in [0, 0.05) is 13.1 Å². The standard InChI is InChI=1S/C26H29N5O4/c1-18-25(19(2)31(28-18)20-8-4-3-5-9-20)27-24(32)17-30-16-23(26(33)29-12-14-34-15-13-29)35-22-11-7-6-10-21(22)30/h3-11,23H,12-17H2,1-2H3,(H,27,32). The van der Waals surface area contributed by atoms with Crippen LogP contribution in [0.25, 0.3) is 5.69 Å². The van der Waals surface area contributed by atoms with E-state index in [1.54, 1.807) is 4.90 Å². The fraction of sp³-hybridized carbons (Fsp3) is 0.346. The topological polar surface area (TPSA) is 88.9 Å². The Kier molecular flexibility index (Phi) is 6.41. The van der Waals surface area contributed by atoms with Crippen molar-refractivity contribution in [2.75, 3.05) is 49.6 Å². The Hall–Kier alpha value is -3.85. The second-order valence-corrected chi connectivity index (χ2v) is 8.73. The summed E-state index contributed by atoms with van der Waals surface area (Å²) < 4.78 is 13.2. The minimum atomic E-state index is -0.680. The summed E-state index contributed by atoms with van der Waals surface area (Å²) in [6.07, 6.45) is -0.680. The fourth-order valence-electron chi connectivity index (χ4n) is 4.57. The summed E-state index contributed by atoms with van der Waals surface area (Å²) in [6, 6.07) is 17.3. The zero-order valence-corrected chi connectivity index (χ0v) is 19.9. The fourth-order valence-corrected chi connectivity index (χ4v) is 4.57. The lowest BCUT2D eigenvalue weighted by atomic mass is 10.1. The highest BCUT2D eigenvalue weighted by molar-refractivity contribution is 5.96. The molecule has 9 nitrogen and oxygen atoms in total. The Balaban J connectivity index is 1.33. The van der Waals surface area contributed by atoms with Gasteiger partial charge in [0.1, 0.15) is 5.75 Å². The van der Waals surface area contributed by atoms with Crippen LogP contribution < -0.4 is 15.0 Å². The predicted molar refractivity (Wildman–Crippen MR) is 132 cm³/mol. The van der Waals surface area contributed by atoms with E-state index in [9.17, 15) is 9.59 Å². The number of nitrogens with one attached hydrogen (secondary N) is 1. The zero-order valence-electron chi connectivity index (χ0n) is 19.9. The lowest BCUT2D eigenvalue weighted by molar-refractivity contribution is -0.142. The number of anilines is 2. The number of ether oxygens (including phenoxy) is 2. The molecule has 2 aliphatic rings. The van der Waals surface area contributed by atoms with Crippen molar-refractivity contribution in [2.24, 2.45) is 0 Å². The van der Waals surface area contributed by atoms with Gasteiger partial charge in [0.2, 0.25) is 5.91 Å². The lowest BCUT2D eigenvalue weighted by Crippen LogP contribution is -2.53. The highest BCUT2D eigenvalue weighted by Gasteiger charge is 2.34. The molecule has 1 fully saturated rings. The van der Waals surface area contributed by atoms with Crippen molar-refractivity contribution in [2.45, 2.75) is 20.0 Å². The molecule has 182 valence electrons. The number of hydrogen-bond donors (Lipinski definition) is 1. The highest BCUT2D eigenvalue weighted by Crippen LogP contribution is 2.33. The molecule has 9 heteroatoms. The monoisotopic (exact) mass is 475 g/mol. The second kappa shape index (κ2) is 9.79. The molecule has 3 aromatic rings. The Labute approximate surface area is 204 Å². The van der Waals surface area contributed by atoms with Gasteiger partial charge in [0.05, 0.1) is 54.8 Å². The van der Waals surface area contributed by atoms with Crippen molar-refractivity contribution >= 4 is 23.2 Å². The second-order valence-electron chi connectivity index (χ2n) is 8.73. The van der Waals surface area contributed by atoms with Crippen LogP contribution in [-0.4, -0.2) is 72.0 Å². The van der Waals surface area contributed by atoms with E-state index >= 15 is 0 Å². The maximum Gasteiger partial charge on any atom is 0.265 e. The van der Waals surface area contributed by atoms with Crippen LogP contribution in [0.4, 0.5) is 11.4 Å². The van der Waals surface area contributed by atoms with Gasteiger partial charge in [0.15, 0.2) is 6.10 Å². The molecular formula is C26H29N5O4. The maximum absolute atomic E-state index is 13.2. The molecule has 35 heavy (non-hydrogen) atoms. The van der Waals surface area contributed by atoms with Gasteiger partial charge in [-0.3, -0.25) is 9.59 Å². The first-order valence-electron chi connectivity index (χ1n) is 11.8. The number of rotatable bonds is 5. The van der Waals surface area contributed by atoms with Gasteiger partial charge in [-0.1, -0.05) is 30.3 Å². The van der Waals surface area contributed by atoms with Gasteiger partial charge in [-0.05, 0) is 38.1 Å². The van der Waals surface area contributed by atoms with E-state index in [-0.39, 0.29) is 18.4 Å². The van der Waals surface area contributed by atoms with E-state index in [4.69, 9.17) is 9.47 Å². The van der Waals surface area contributed by atoms with E-state index in [2.05, 4.69) is 10.4 Å². The van der Waals surface area contributed by atoms with Crippen LogP contribution in [0.15, 0.2) is 54.6 Å². The van der Waals surface area contributed by atoms with Crippen molar-refractivity contribution in [1.82, 2.24) is 14.7 Å². The number of aromatic nitrogens is 2. The first-order chi connectivity index (χ1) is 17.0. The number of carbonyl (C=O) groups is 2. The number of benzene rings is 2. The molecule has 2 amide bonds. The molecule has 1 saturated heterocycles. The number of para-hydroxylation sites is 3. The average Bonchev–Trinajstić information content (AvgIpc) is 3.17. The van der Waals surface area contributed by atoms with Crippen LogP contribution in [-0.2, 0) is 14.3 Å². The number of morpholine rings is 1. The van der Waals surface area contributed by atoms with E-state index in [1.807, 2.05) is 78.0 Å². The van der Waals surface area contributed by atoms with Crippen LogP contribution >= 0.6 is 0 Å². The van der Waals surface area contributed by atoms with Gasteiger partial charge in [-0.15, -0.1) is 0 Å². The molecule has 3 heterocycles. The van der Waals surface area contributed by atoms with Crippen LogP contribution in [0.5, 0.6) is 5.75 Å². The van der Waals surface area contributed by atoms with Gasteiger partial charge in [0.25, 0.3) is 5.91 Å². The van der Waals surface area contributed by atoms with Crippen LogP contribution in [0, 0.1) is 13.8 Å². The van der Waals surface area contributed by atoms with Crippen molar-refractivity contribution < 1.29 is 19.1 Å². The van der Waals surface area contributed by atoms with E-state index in [0.717, 1.165) is 22.8 Å². The van der Waals surface area contributed by atoms with E-state index in [0.29, 0.717) is 44.3 Å². The summed E-state index contributed by atoms with van der Waals surface area (Å²) in [7, 11) is 0. The molecule has 2 aromatic carbocycles. The summed E-state index contributed by atoms with van der Waals surface area (Å²) in [5.41, 5.74) is 4.01. The minimum absolute atomic E-state index is 0.0796. The maximum atomic E-state index is 13.2. The van der Waals surface area contributed by atoms with Crippen molar-refractivity contribution in [3.8, 4) is 11.4 Å². The number of carbonyl (C=O) groups excluding carboxylic acids is 2. The predicted octanol–water partition coefficient (Wildman–Crippen LogP) is 2.55. The minimum Gasteiger partial charge on any atom is -0.477 e. The Morgan fingerprint density at radius 1 is 1.03 bits per heavy atom. The molecule has 5 rings (SSSR count). The molecule has 1 atom stereocenters. The first kappa shape index (κ1) is 22.9. The number of nitrogens with zero attached hydrogens (tertiary/aromatic N) is 4. The normalized spacial score (nSPS) is 17.5. The molecule has 0 aliphatic carbocycles. The largest absolute Gasteiger partial charge is 0.477 e. The third-order valence-electron chi connectivity index (χ3n) is 6.35. The molecule has 0 bridgehead atoms. The van der Waals surface area contributed by atoms with Gasteiger partial charge < -0.3 is 24.6 Å². The summed E-state index contributed by atoms with van der Waals surface area (Å²) in [5, 5.41) is 7.65. The van der Waals surface area contributed by atoms with Gasteiger partial charge >= 0.3 is 0 Å². The van der Waals surface area contributed by atoms with E-state index < -0.39 is 6.10 Å². The quantitative estimate of drug-likeness (QED) is 0.610. The zero-order chi connectivity index (χ0) is 24.4. The summed E-state index contributed by atoms with van der Waals surface area (Å²) in [6.45, 7) is 6.33. The molecule has 0 saturated carbocycles. The van der Waals surface area contributed by atoms with Crippen LogP contribution in [0.2, 0.25) is 0 Å². The molecule has 2 aliphatic heterocycles. The molecule has 1 unspecified atom stereocenters. The van der Waals surface area contributed by atoms with Crippen LogP contribution in [0.1, 0.15) is 11.4 Å². The summed E-state index contributed by atoms with van der Waals surface area (Å²) in [4.78, 5) is 30.0. The number of aryl methyl sites for hydroxylation is 1.